The molecule has 1 N–H and O–H groups in total. The normalized spacial score (nSPS) is 23.8. The molecular formula is C23H24F2N4O3. The van der Waals surface area contributed by atoms with Crippen molar-refractivity contribution in [3.8, 4) is 11.6 Å². The number of hydrogen-bond acceptors (Lipinski definition) is 5. The van der Waals surface area contributed by atoms with Gasteiger partial charge in [-0.3, -0.25) is 9.48 Å². The monoisotopic (exact) mass is 442 g/mol. The predicted octanol–water partition coefficient (Wildman–Crippen LogP) is 5.07. The number of aliphatic carboxylic acids is 1. The number of rotatable bonds is 7. The molecule has 9 heteroatoms. The van der Waals surface area contributed by atoms with E-state index in [0.717, 1.165) is 24.0 Å². The van der Waals surface area contributed by atoms with Crippen LogP contribution in [0.4, 0.5) is 8.78 Å². The zero-order valence-electron chi connectivity index (χ0n) is 17.9. The molecular weight excluding hydrogens is 418 g/mol. The molecule has 0 bridgehead atoms. The Hall–Kier alpha value is -3.10. The van der Waals surface area contributed by atoms with E-state index < -0.39 is 23.9 Å². The molecule has 0 spiro atoms. The van der Waals surface area contributed by atoms with E-state index in [1.807, 2.05) is 25.1 Å². The molecule has 2 heterocycles. The molecule has 2 saturated carbocycles. The van der Waals surface area contributed by atoms with Gasteiger partial charge in [-0.05, 0) is 56.2 Å². The molecule has 3 aromatic rings. The lowest BCUT2D eigenvalue weighted by molar-refractivity contribution is -0.158. The molecule has 0 radical (unpaired) electrons. The van der Waals surface area contributed by atoms with E-state index in [2.05, 4.69) is 21.3 Å². The molecule has 32 heavy (non-hydrogen) atoms. The van der Waals surface area contributed by atoms with Crippen molar-refractivity contribution in [3.05, 3.63) is 53.0 Å². The largest absolute Gasteiger partial charge is 0.481 e. The molecule has 0 amide bonds. The van der Waals surface area contributed by atoms with Gasteiger partial charge in [0.1, 0.15) is 5.69 Å². The SMILES string of the molecule is CCC1(C(=O)O)CC(n2nc(-c3nc(C4(c5ccccc5C)CC4)no3)cc2C(F)F)C1. The van der Waals surface area contributed by atoms with Gasteiger partial charge in [0, 0.05) is 0 Å². The van der Waals surface area contributed by atoms with Crippen LogP contribution >= 0.6 is 0 Å². The standard InChI is InChI=1S/C23H24F2N4O3/c1-3-22(21(30)31)11-14(12-22)29-17(18(24)25)10-16(27-29)19-26-20(28-32-19)23(8-9-23)15-7-5-4-6-13(15)2/h4-7,10,14,18H,3,8-9,11-12H2,1-2H3,(H,30,31). The Bertz CT molecular complexity index is 1180. The fourth-order valence-electron chi connectivity index (χ4n) is 4.97. The second-order valence-electron chi connectivity index (χ2n) is 9.02. The number of carboxylic acid groups (broad SMARTS) is 1. The summed E-state index contributed by atoms with van der Waals surface area (Å²) in [6.45, 7) is 3.84. The Kier molecular flexibility index (Phi) is 4.69. The Morgan fingerprint density at radius 1 is 1.31 bits per heavy atom. The van der Waals surface area contributed by atoms with Crippen molar-refractivity contribution < 1.29 is 23.2 Å². The van der Waals surface area contributed by atoms with Gasteiger partial charge < -0.3 is 9.63 Å². The first-order valence-electron chi connectivity index (χ1n) is 10.8. The van der Waals surface area contributed by atoms with Gasteiger partial charge in [-0.25, -0.2) is 8.78 Å². The van der Waals surface area contributed by atoms with Gasteiger partial charge in [-0.15, -0.1) is 0 Å². The molecule has 0 aliphatic heterocycles. The summed E-state index contributed by atoms with van der Waals surface area (Å²) >= 11 is 0. The third-order valence-corrected chi connectivity index (χ3v) is 7.20. The Morgan fingerprint density at radius 2 is 2.03 bits per heavy atom. The summed E-state index contributed by atoms with van der Waals surface area (Å²) in [5.74, 6) is -0.260. The third kappa shape index (κ3) is 3.05. The number of benzene rings is 1. The summed E-state index contributed by atoms with van der Waals surface area (Å²) in [4.78, 5) is 16.1. The summed E-state index contributed by atoms with van der Waals surface area (Å²) < 4.78 is 34.2. The second-order valence-corrected chi connectivity index (χ2v) is 9.02. The quantitative estimate of drug-likeness (QED) is 0.549. The highest BCUT2D eigenvalue weighted by molar-refractivity contribution is 5.76. The number of aryl methyl sites for hydroxylation is 1. The van der Waals surface area contributed by atoms with Crippen LogP contribution in [0, 0.1) is 12.3 Å². The van der Waals surface area contributed by atoms with Gasteiger partial charge in [-0.1, -0.05) is 36.3 Å². The number of carbonyl (C=O) groups is 1. The van der Waals surface area contributed by atoms with Crippen LogP contribution in [0.25, 0.3) is 11.6 Å². The molecule has 0 saturated heterocycles. The maximum Gasteiger partial charge on any atom is 0.309 e. The zero-order valence-corrected chi connectivity index (χ0v) is 17.9. The first-order chi connectivity index (χ1) is 15.3. The fraction of sp³-hybridized carbons (Fsp3) is 0.478. The van der Waals surface area contributed by atoms with Gasteiger partial charge in [0.05, 0.1) is 16.9 Å². The van der Waals surface area contributed by atoms with Crippen LogP contribution in [0.15, 0.2) is 34.9 Å². The lowest BCUT2D eigenvalue weighted by Crippen LogP contribution is -2.45. The molecule has 2 aromatic heterocycles. The molecule has 2 fully saturated rings. The zero-order chi connectivity index (χ0) is 22.7. The van der Waals surface area contributed by atoms with Gasteiger partial charge >= 0.3 is 5.97 Å². The summed E-state index contributed by atoms with van der Waals surface area (Å²) in [6, 6.07) is 8.93. The van der Waals surface area contributed by atoms with Crippen molar-refractivity contribution in [2.24, 2.45) is 5.41 Å². The Labute approximate surface area is 183 Å². The highest BCUT2D eigenvalue weighted by Gasteiger charge is 2.52. The van der Waals surface area contributed by atoms with E-state index in [1.165, 1.54) is 10.7 Å². The van der Waals surface area contributed by atoms with E-state index in [4.69, 9.17) is 4.52 Å². The summed E-state index contributed by atoms with van der Waals surface area (Å²) in [5.41, 5.74) is 1.02. The van der Waals surface area contributed by atoms with Crippen LogP contribution in [-0.4, -0.2) is 31.0 Å². The average molecular weight is 442 g/mol. The molecule has 0 unspecified atom stereocenters. The first-order valence-corrected chi connectivity index (χ1v) is 10.8. The van der Waals surface area contributed by atoms with Crippen molar-refractivity contribution in [2.75, 3.05) is 0 Å². The highest BCUT2D eigenvalue weighted by atomic mass is 19.3. The van der Waals surface area contributed by atoms with Crippen molar-refractivity contribution in [1.82, 2.24) is 19.9 Å². The number of nitrogens with zero attached hydrogens (tertiary/aromatic N) is 4. The van der Waals surface area contributed by atoms with Crippen LogP contribution in [0.1, 0.15) is 74.1 Å². The van der Waals surface area contributed by atoms with Crippen molar-refractivity contribution in [3.63, 3.8) is 0 Å². The topological polar surface area (TPSA) is 94.0 Å². The van der Waals surface area contributed by atoms with E-state index >= 15 is 0 Å². The second kappa shape index (κ2) is 7.21. The number of aromatic nitrogens is 4. The number of carboxylic acids is 1. The Morgan fingerprint density at radius 3 is 2.62 bits per heavy atom. The van der Waals surface area contributed by atoms with Crippen LogP contribution in [-0.2, 0) is 10.2 Å². The van der Waals surface area contributed by atoms with E-state index in [1.54, 1.807) is 6.92 Å². The number of halogens is 2. The van der Waals surface area contributed by atoms with Crippen LogP contribution in [0.5, 0.6) is 0 Å². The summed E-state index contributed by atoms with van der Waals surface area (Å²) in [6.07, 6.45) is 0.0246. The average Bonchev–Trinajstić information content (AvgIpc) is 3.18. The minimum Gasteiger partial charge on any atom is -0.481 e. The molecule has 2 aliphatic carbocycles. The lowest BCUT2D eigenvalue weighted by Gasteiger charge is -2.44. The third-order valence-electron chi connectivity index (χ3n) is 7.20. The molecule has 0 atom stereocenters. The number of hydrogen-bond donors (Lipinski definition) is 1. The minimum absolute atomic E-state index is 0.0971. The Balaban J connectivity index is 1.45. The molecule has 2 aliphatic rings. The van der Waals surface area contributed by atoms with Crippen LogP contribution < -0.4 is 0 Å². The molecule has 7 nitrogen and oxygen atoms in total. The lowest BCUT2D eigenvalue weighted by atomic mass is 9.64. The van der Waals surface area contributed by atoms with Gasteiger partial charge in [-0.2, -0.15) is 10.1 Å². The fourth-order valence-corrected chi connectivity index (χ4v) is 4.97. The van der Waals surface area contributed by atoms with E-state index in [9.17, 15) is 18.7 Å². The summed E-state index contributed by atoms with van der Waals surface area (Å²) in [5, 5.41) is 18.0. The van der Waals surface area contributed by atoms with Crippen LogP contribution in [0.3, 0.4) is 0 Å². The molecule has 5 rings (SSSR count). The van der Waals surface area contributed by atoms with E-state index in [0.29, 0.717) is 12.2 Å². The maximum atomic E-state index is 13.7. The van der Waals surface area contributed by atoms with Crippen molar-refractivity contribution >= 4 is 5.97 Å². The highest BCUT2D eigenvalue weighted by Crippen LogP contribution is 2.54. The summed E-state index contributed by atoms with van der Waals surface area (Å²) in [7, 11) is 0. The van der Waals surface area contributed by atoms with Crippen molar-refractivity contribution in [2.45, 2.75) is 63.8 Å². The molecule has 168 valence electrons. The minimum atomic E-state index is -2.75. The van der Waals surface area contributed by atoms with Crippen molar-refractivity contribution in [1.29, 1.82) is 0 Å². The van der Waals surface area contributed by atoms with Gasteiger partial charge in [0.2, 0.25) is 0 Å². The maximum absolute atomic E-state index is 13.7. The predicted molar refractivity (Wildman–Crippen MR) is 110 cm³/mol. The number of alkyl halides is 2. The van der Waals surface area contributed by atoms with Gasteiger partial charge in [0.25, 0.3) is 12.3 Å². The van der Waals surface area contributed by atoms with Crippen LogP contribution in [0.2, 0.25) is 0 Å². The van der Waals surface area contributed by atoms with Gasteiger partial charge in [0.15, 0.2) is 11.5 Å². The van der Waals surface area contributed by atoms with E-state index in [-0.39, 0.29) is 35.5 Å². The first kappa shape index (κ1) is 20.8. The smallest absolute Gasteiger partial charge is 0.309 e. The molecule has 1 aromatic carbocycles.